The Morgan fingerprint density at radius 1 is 1.38 bits per heavy atom. The van der Waals surface area contributed by atoms with Gasteiger partial charge in [0.15, 0.2) is 0 Å². The third-order valence-electron chi connectivity index (χ3n) is 3.56. The molecule has 1 fully saturated rings. The first-order chi connectivity index (χ1) is 9.52. The molecule has 0 amide bonds. The van der Waals surface area contributed by atoms with Gasteiger partial charge in [0.2, 0.25) is 10.0 Å². The molecule has 2 rings (SSSR count). The summed E-state index contributed by atoms with van der Waals surface area (Å²) < 4.78 is 65.0. The highest BCUT2D eigenvalue weighted by atomic mass is 35.5. The van der Waals surface area contributed by atoms with Crippen molar-refractivity contribution in [3.63, 3.8) is 0 Å². The molecule has 1 aliphatic carbocycles. The zero-order valence-electron chi connectivity index (χ0n) is 11.1. The molecule has 0 aromatic heterocycles. The van der Waals surface area contributed by atoms with E-state index in [0.29, 0.717) is 11.1 Å². The summed E-state index contributed by atoms with van der Waals surface area (Å²) in [6.45, 7) is 1.53. The maximum Gasteiger partial charge on any atom is 0.407 e. The summed E-state index contributed by atoms with van der Waals surface area (Å²) in [6, 6.07) is 2.62. The van der Waals surface area contributed by atoms with Crippen LogP contribution in [-0.2, 0) is 16.6 Å². The molecule has 1 aromatic rings. The van der Waals surface area contributed by atoms with E-state index in [1.165, 1.54) is 13.0 Å². The minimum absolute atomic E-state index is 0.0410. The van der Waals surface area contributed by atoms with Gasteiger partial charge in [-0.05, 0) is 43.0 Å². The second-order valence-corrected chi connectivity index (χ2v) is 7.16. The smallest absolute Gasteiger partial charge is 0.326 e. The molecule has 21 heavy (non-hydrogen) atoms. The second-order valence-electron chi connectivity index (χ2n) is 5.08. The van der Waals surface area contributed by atoms with Gasteiger partial charge in [-0.15, -0.1) is 0 Å². The van der Waals surface area contributed by atoms with E-state index < -0.39 is 21.7 Å². The van der Waals surface area contributed by atoms with Crippen LogP contribution in [0.25, 0.3) is 0 Å². The third-order valence-corrected chi connectivity index (χ3v) is 5.44. The summed E-state index contributed by atoms with van der Waals surface area (Å²) in [4.78, 5) is -0.272. The van der Waals surface area contributed by atoms with Crippen LogP contribution in [-0.4, -0.2) is 20.1 Å². The number of nitrogens with one attached hydrogen (secondary N) is 1. The van der Waals surface area contributed by atoms with E-state index in [4.69, 9.17) is 17.3 Å². The lowest BCUT2D eigenvalue weighted by molar-refractivity contribution is -0.160. The van der Waals surface area contributed by atoms with E-state index in [0.717, 1.165) is 6.07 Å². The summed E-state index contributed by atoms with van der Waals surface area (Å²) in [5.41, 5.74) is 3.90. The van der Waals surface area contributed by atoms with Gasteiger partial charge in [0.1, 0.15) is 5.54 Å². The van der Waals surface area contributed by atoms with Crippen molar-refractivity contribution in [2.24, 2.45) is 5.73 Å². The monoisotopic (exact) mass is 342 g/mol. The summed E-state index contributed by atoms with van der Waals surface area (Å²) in [5.74, 6) is 0. The molecule has 1 aliphatic rings. The van der Waals surface area contributed by atoms with Crippen LogP contribution in [0.15, 0.2) is 17.0 Å². The first kappa shape index (κ1) is 16.5. The summed E-state index contributed by atoms with van der Waals surface area (Å²) in [7, 11) is -4.33. The van der Waals surface area contributed by atoms with Gasteiger partial charge in [-0.1, -0.05) is 11.6 Å². The molecular formula is C12H14ClF3N2O2S. The lowest BCUT2D eigenvalue weighted by Crippen LogP contribution is -2.47. The van der Waals surface area contributed by atoms with E-state index in [1.54, 1.807) is 4.72 Å². The van der Waals surface area contributed by atoms with Gasteiger partial charge in [-0.2, -0.15) is 17.9 Å². The topological polar surface area (TPSA) is 72.2 Å². The van der Waals surface area contributed by atoms with Crippen LogP contribution in [0, 0.1) is 6.92 Å². The van der Waals surface area contributed by atoms with Crippen LogP contribution >= 0.6 is 11.6 Å². The van der Waals surface area contributed by atoms with Gasteiger partial charge in [-0.25, -0.2) is 8.42 Å². The molecule has 3 N–H and O–H groups in total. The number of benzene rings is 1. The first-order valence-electron chi connectivity index (χ1n) is 6.12. The van der Waals surface area contributed by atoms with Crippen molar-refractivity contribution in [1.82, 2.24) is 4.72 Å². The maximum atomic E-state index is 12.9. The Labute approximate surface area is 125 Å². The summed E-state index contributed by atoms with van der Waals surface area (Å²) in [5, 5.41) is 0.110. The van der Waals surface area contributed by atoms with Gasteiger partial charge in [-0.3, -0.25) is 0 Å². The van der Waals surface area contributed by atoms with Crippen molar-refractivity contribution in [2.45, 2.75) is 42.9 Å². The number of rotatable bonds is 4. The predicted octanol–water partition coefficient (Wildman–Crippen LogP) is 2.48. The van der Waals surface area contributed by atoms with Gasteiger partial charge in [0.25, 0.3) is 0 Å². The molecule has 0 unspecified atom stereocenters. The molecule has 0 aliphatic heterocycles. The average Bonchev–Trinajstić information content (AvgIpc) is 3.11. The van der Waals surface area contributed by atoms with Crippen molar-refractivity contribution in [3.8, 4) is 0 Å². The normalized spacial score (nSPS) is 17.8. The Hall–Kier alpha value is -0.830. The number of hydrogen-bond donors (Lipinski definition) is 2. The first-order valence-corrected chi connectivity index (χ1v) is 7.98. The molecule has 1 saturated carbocycles. The van der Waals surface area contributed by atoms with Crippen LogP contribution in [0.2, 0.25) is 5.02 Å². The summed E-state index contributed by atoms with van der Waals surface area (Å²) >= 11 is 5.81. The zero-order chi connectivity index (χ0) is 16.1. The number of sulfonamides is 1. The molecule has 0 heterocycles. The highest BCUT2D eigenvalue weighted by Gasteiger charge is 2.65. The molecular weight excluding hydrogens is 329 g/mol. The fourth-order valence-electron chi connectivity index (χ4n) is 2.08. The lowest BCUT2D eigenvalue weighted by atomic mass is 10.1. The predicted molar refractivity (Wildman–Crippen MR) is 72.4 cm³/mol. The fourth-order valence-corrected chi connectivity index (χ4v) is 4.15. The third kappa shape index (κ3) is 3.03. The average molecular weight is 343 g/mol. The largest absolute Gasteiger partial charge is 0.407 e. The van der Waals surface area contributed by atoms with Crippen molar-refractivity contribution in [2.75, 3.05) is 0 Å². The fraction of sp³-hybridized carbons (Fsp3) is 0.500. The molecule has 0 bridgehead atoms. The van der Waals surface area contributed by atoms with Gasteiger partial charge < -0.3 is 5.73 Å². The van der Waals surface area contributed by atoms with Gasteiger partial charge >= 0.3 is 6.18 Å². The Balaban J connectivity index is 2.44. The molecule has 0 atom stereocenters. The molecule has 0 radical (unpaired) electrons. The molecule has 0 saturated heterocycles. The Bertz CT molecular complexity index is 670. The second kappa shape index (κ2) is 5.12. The van der Waals surface area contributed by atoms with Gasteiger partial charge in [0.05, 0.1) is 4.90 Å². The number of nitrogens with two attached hydrogens (primary N) is 1. The molecule has 118 valence electrons. The van der Waals surface area contributed by atoms with Crippen molar-refractivity contribution >= 4 is 21.6 Å². The SMILES string of the molecule is Cc1c(CN)cc(Cl)cc1S(=O)(=O)NC1(C(F)(F)F)CC1. The quantitative estimate of drug-likeness (QED) is 0.883. The van der Waals surface area contributed by atoms with Crippen LogP contribution in [0.1, 0.15) is 24.0 Å². The van der Waals surface area contributed by atoms with E-state index >= 15 is 0 Å². The Morgan fingerprint density at radius 3 is 2.38 bits per heavy atom. The van der Waals surface area contributed by atoms with Gasteiger partial charge in [0, 0.05) is 11.6 Å². The van der Waals surface area contributed by atoms with E-state index in [-0.39, 0.29) is 29.3 Å². The van der Waals surface area contributed by atoms with Crippen LogP contribution < -0.4 is 10.5 Å². The minimum atomic E-state index is -4.62. The van der Waals surface area contributed by atoms with Crippen LogP contribution in [0.4, 0.5) is 13.2 Å². The van der Waals surface area contributed by atoms with Crippen LogP contribution in [0.5, 0.6) is 0 Å². The molecule has 4 nitrogen and oxygen atoms in total. The number of halogens is 4. The summed E-state index contributed by atoms with van der Waals surface area (Å²) in [6.07, 6.45) is -5.15. The zero-order valence-corrected chi connectivity index (χ0v) is 12.7. The van der Waals surface area contributed by atoms with Crippen molar-refractivity contribution < 1.29 is 21.6 Å². The molecule has 1 aromatic carbocycles. The molecule has 0 spiro atoms. The minimum Gasteiger partial charge on any atom is -0.326 e. The molecule has 9 heteroatoms. The van der Waals surface area contributed by atoms with Crippen molar-refractivity contribution in [1.29, 1.82) is 0 Å². The number of alkyl halides is 3. The van der Waals surface area contributed by atoms with Crippen molar-refractivity contribution in [3.05, 3.63) is 28.3 Å². The standard InChI is InChI=1S/C12H14ClF3N2O2S/c1-7-8(6-17)4-9(13)5-10(7)21(19,20)18-11(2-3-11)12(14,15)16/h4-5,18H,2-3,6,17H2,1H3. The maximum absolute atomic E-state index is 12.9. The van der Waals surface area contributed by atoms with E-state index in [9.17, 15) is 21.6 Å². The Kier molecular flexibility index (Phi) is 4.03. The highest BCUT2D eigenvalue weighted by Crippen LogP contribution is 2.49. The van der Waals surface area contributed by atoms with E-state index in [1.807, 2.05) is 0 Å². The van der Waals surface area contributed by atoms with Crippen LogP contribution in [0.3, 0.4) is 0 Å². The van der Waals surface area contributed by atoms with E-state index in [2.05, 4.69) is 0 Å². The number of hydrogen-bond acceptors (Lipinski definition) is 3. The highest BCUT2D eigenvalue weighted by molar-refractivity contribution is 7.89. The lowest BCUT2D eigenvalue weighted by Gasteiger charge is -2.21. The Morgan fingerprint density at radius 2 is 1.95 bits per heavy atom.